The smallest absolute Gasteiger partial charge is 0.161 e. The summed E-state index contributed by atoms with van der Waals surface area (Å²) in [7, 11) is 3.22. The van der Waals surface area contributed by atoms with Gasteiger partial charge in [-0.15, -0.1) is 0 Å². The van der Waals surface area contributed by atoms with Gasteiger partial charge in [0.1, 0.15) is 5.82 Å². The minimum atomic E-state index is 0.638. The molecule has 0 aliphatic rings. The van der Waals surface area contributed by atoms with Gasteiger partial charge in [-0.1, -0.05) is 12.1 Å². The van der Waals surface area contributed by atoms with Crippen LogP contribution in [0.2, 0.25) is 0 Å². The van der Waals surface area contributed by atoms with Gasteiger partial charge in [-0.2, -0.15) is 5.26 Å². The Morgan fingerprint density at radius 1 is 1.08 bits per heavy atom. The van der Waals surface area contributed by atoms with Crippen molar-refractivity contribution in [1.29, 1.82) is 5.26 Å². The standard InChI is InChI=1S/C19H17N3O2/c1-23-17-7-6-16(11-18(17)24-2)19-21-8-9-22(19)13-15-5-3-4-14(10-15)12-20/h3-11H,13H2,1-2H3. The summed E-state index contributed by atoms with van der Waals surface area (Å²) in [5.74, 6) is 2.18. The third-order valence-electron chi connectivity index (χ3n) is 3.77. The number of methoxy groups -OCH3 is 2. The lowest BCUT2D eigenvalue weighted by Gasteiger charge is -2.11. The molecule has 24 heavy (non-hydrogen) atoms. The molecule has 0 atom stereocenters. The minimum Gasteiger partial charge on any atom is -0.493 e. The highest BCUT2D eigenvalue weighted by Crippen LogP contribution is 2.31. The Hall–Kier alpha value is -3.26. The molecule has 120 valence electrons. The zero-order valence-corrected chi connectivity index (χ0v) is 13.6. The van der Waals surface area contributed by atoms with E-state index in [0.29, 0.717) is 23.6 Å². The Kier molecular flexibility index (Phi) is 4.48. The molecular weight excluding hydrogens is 302 g/mol. The topological polar surface area (TPSA) is 60.1 Å². The fourth-order valence-corrected chi connectivity index (χ4v) is 2.61. The summed E-state index contributed by atoms with van der Waals surface area (Å²) >= 11 is 0. The van der Waals surface area contributed by atoms with Crippen molar-refractivity contribution >= 4 is 0 Å². The minimum absolute atomic E-state index is 0.638. The van der Waals surface area contributed by atoms with E-state index in [2.05, 4.69) is 11.1 Å². The Morgan fingerprint density at radius 2 is 1.92 bits per heavy atom. The van der Waals surface area contributed by atoms with E-state index in [1.165, 1.54) is 0 Å². The number of aromatic nitrogens is 2. The van der Waals surface area contributed by atoms with E-state index in [4.69, 9.17) is 14.7 Å². The van der Waals surface area contributed by atoms with Crippen molar-refractivity contribution < 1.29 is 9.47 Å². The monoisotopic (exact) mass is 319 g/mol. The first-order valence-electron chi connectivity index (χ1n) is 7.47. The second-order valence-electron chi connectivity index (χ2n) is 5.26. The summed E-state index contributed by atoms with van der Waals surface area (Å²) in [4.78, 5) is 4.46. The van der Waals surface area contributed by atoms with Crippen molar-refractivity contribution in [2.75, 3.05) is 14.2 Å². The van der Waals surface area contributed by atoms with Crippen LogP contribution in [0, 0.1) is 11.3 Å². The molecule has 5 nitrogen and oxygen atoms in total. The van der Waals surface area contributed by atoms with Crippen molar-refractivity contribution in [2.24, 2.45) is 0 Å². The summed E-state index contributed by atoms with van der Waals surface area (Å²) in [6.45, 7) is 0.638. The number of rotatable bonds is 5. The molecule has 0 spiro atoms. The number of hydrogen-bond donors (Lipinski definition) is 0. The van der Waals surface area contributed by atoms with Gasteiger partial charge in [0.25, 0.3) is 0 Å². The first-order valence-corrected chi connectivity index (χ1v) is 7.47. The second kappa shape index (κ2) is 6.88. The van der Waals surface area contributed by atoms with Crippen LogP contribution in [0.25, 0.3) is 11.4 Å². The third-order valence-corrected chi connectivity index (χ3v) is 3.77. The van der Waals surface area contributed by atoms with E-state index in [9.17, 15) is 0 Å². The van der Waals surface area contributed by atoms with E-state index in [1.54, 1.807) is 26.5 Å². The summed E-state index contributed by atoms with van der Waals surface area (Å²) in [6, 6.07) is 15.5. The van der Waals surface area contributed by atoms with Gasteiger partial charge in [0.2, 0.25) is 0 Å². The van der Waals surface area contributed by atoms with Crippen LogP contribution in [0.3, 0.4) is 0 Å². The fraction of sp³-hybridized carbons (Fsp3) is 0.158. The normalized spacial score (nSPS) is 10.2. The van der Waals surface area contributed by atoms with E-state index in [1.807, 2.05) is 47.2 Å². The fourth-order valence-electron chi connectivity index (χ4n) is 2.61. The molecule has 3 aromatic rings. The van der Waals surface area contributed by atoms with E-state index < -0.39 is 0 Å². The molecule has 0 fully saturated rings. The van der Waals surface area contributed by atoms with Gasteiger partial charge in [0, 0.05) is 24.5 Å². The lowest BCUT2D eigenvalue weighted by Crippen LogP contribution is -2.02. The summed E-state index contributed by atoms with van der Waals surface area (Å²) in [5.41, 5.74) is 2.64. The first-order chi connectivity index (χ1) is 11.7. The van der Waals surface area contributed by atoms with E-state index >= 15 is 0 Å². The largest absolute Gasteiger partial charge is 0.493 e. The summed E-state index contributed by atoms with van der Waals surface area (Å²) in [5, 5.41) is 9.03. The van der Waals surface area contributed by atoms with E-state index in [0.717, 1.165) is 17.0 Å². The maximum atomic E-state index is 9.03. The molecule has 0 unspecified atom stereocenters. The Labute approximate surface area is 140 Å². The van der Waals surface area contributed by atoms with Gasteiger partial charge in [-0.05, 0) is 35.9 Å². The molecule has 0 saturated carbocycles. The molecule has 0 bridgehead atoms. The Morgan fingerprint density at radius 3 is 2.67 bits per heavy atom. The number of ether oxygens (including phenoxy) is 2. The molecule has 1 aromatic heterocycles. The lowest BCUT2D eigenvalue weighted by molar-refractivity contribution is 0.355. The average Bonchev–Trinajstić information content (AvgIpc) is 3.09. The van der Waals surface area contributed by atoms with Crippen LogP contribution in [-0.2, 0) is 6.54 Å². The van der Waals surface area contributed by atoms with Crippen molar-refractivity contribution in [3.63, 3.8) is 0 Å². The quantitative estimate of drug-likeness (QED) is 0.722. The van der Waals surface area contributed by atoms with Crippen LogP contribution >= 0.6 is 0 Å². The molecule has 0 saturated heterocycles. The predicted molar refractivity (Wildman–Crippen MR) is 91.0 cm³/mol. The van der Waals surface area contributed by atoms with Gasteiger partial charge in [0.15, 0.2) is 11.5 Å². The van der Waals surface area contributed by atoms with Gasteiger partial charge in [-0.3, -0.25) is 0 Å². The van der Waals surface area contributed by atoms with Gasteiger partial charge < -0.3 is 14.0 Å². The number of benzene rings is 2. The van der Waals surface area contributed by atoms with Crippen LogP contribution in [0.15, 0.2) is 54.9 Å². The summed E-state index contributed by atoms with van der Waals surface area (Å²) in [6.07, 6.45) is 3.69. The predicted octanol–water partition coefficient (Wildman–Crippen LogP) is 3.49. The maximum Gasteiger partial charge on any atom is 0.161 e. The highest BCUT2D eigenvalue weighted by atomic mass is 16.5. The molecule has 0 N–H and O–H groups in total. The molecule has 0 aliphatic heterocycles. The highest BCUT2D eigenvalue weighted by molar-refractivity contribution is 5.61. The number of nitriles is 1. The summed E-state index contributed by atoms with van der Waals surface area (Å²) < 4.78 is 12.7. The van der Waals surface area contributed by atoms with Crippen LogP contribution in [0.5, 0.6) is 11.5 Å². The van der Waals surface area contributed by atoms with Crippen LogP contribution in [-0.4, -0.2) is 23.8 Å². The molecular formula is C19H17N3O2. The van der Waals surface area contributed by atoms with Crippen molar-refractivity contribution in [3.05, 3.63) is 66.0 Å². The highest BCUT2D eigenvalue weighted by Gasteiger charge is 2.11. The zero-order chi connectivity index (χ0) is 16.9. The first kappa shape index (κ1) is 15.6. The maximum absolute atomic E-state index is 9.03. The number of nitrogens with zero attached hydrogens (tertiary/aromatic N) is 3. The lowest BCUT2D eigenvalue weighted by atomic mass is 10.1. The number of imidazole rings is 1. The molecule has 3 rings (SSSR count). The molecule has 0 radical (unpaired) electrons. The van der Waals surface area contributed by atoms with Gasteiger partial charge in [0.05, 0.1) is 25.9 Å². The molecule has 0 aliphatic carbocycles. The molecule has 0 amide bonds. The molecule has 1 heterocycles. The number of hydrogen-bond acceptors (Lipinski definition) is 4. The van der Waals surface area contributed by atoms with Crippen LogP contribution < -0.4 is 9.47 Å². The van der Waals surface area contributed by atoms with E-state index in [-0.39, 0.29) is 0 Å². The van der Waals surface area contributed by atoms with Crippen molar-refractivity contribution in [3.8, 4) is 29.0 Å². The van der Waals surface area contributed by atoms with Crippen LogP contribution in [0.1, 0.15) is 11.1 Å². The molecule has 5 heteroatoms. The Balaban J connectivity index is 1.94. The second-order valence-corrected chi connectivity index (χ2v) is 5.26. The SMILES string of the molecule is COc1ccc(-c2nccn2Cc2cccc(C#N)c2)cc1OC. The molecule has 2 aromatic carbocycles. The van der Waals surface area contributed by atoms with Crippen molar-refractivity contribution in [2.45, 2.75) is 6.54 Å². The third kappa shape index (κ3) is 3.08. The van der Waals surface area contributed by atoms with Gasteiger partial charge in [-0.25, -0.2) is 4.98 Å². The Bertz CT molecular complexity index is 894. The average molecular weight is 319 g/mol. The van der Waals surface area contributed by atoms with Gasteiger partial charge >= 0.3 is 0 Å². The van der Waals surface area contributed by atoms with Crippen LogP contribution in [0.4, 0.5) is 0 Å². The van der Waals surface area contributed by atoms with Crippen molar-refractivity contribution in [1.82, 2.24) is 9.55 Å². The zero-order valence-electron chi connectivity index (χ0n) is 13.6.